The lowest BCUT2D eigenvalue weighted by molar-refractivity contribution is -0.387. The second kappa shape index (κ2) is 6.10. The van der Waals surface area contributed by atoms with E-state index in [9.17, 15) is 14.5 Å². The van der Waals surface area contributed by atoms with Crippen LogP contribution in [-0.4, -0.2) is 22.4 Å². The molecule has 1 saturated carbocycles. The molecule has 1 aromatic rings. The molecule has 3 rings (SSSR count). The summed E-state index contributed by atoms with van der Waals surface area (Å²) in [7, 11) is 0. The minimum absolute atomic E-state index is 0.437. The molecule has 2 fully saturated rings. The topological polar surface area (TPSA) is 46.4 Å². The van der Waals surface area contributed by atoms with Gasteiger partial charge in [-0.25, -0.2) is 0 Å². The predicted octanol–water partition coefficient (Wildman–Crippen LogP) is 3.89. The van der Waals surface area contributed by atoms with Gasteiger partial charge < -0.3 is 0 Å². The second-order valence-corrected chi connectivity index (χ2v) is 6.27. The molecule has 0 amide bonds. The number of halogens is 1. The quantitative estimate of drug-likeness (QED) is 0.627. The smallest absolute Gasteiger partial charge is 0.296 e. The number of nitro groups is 1. The maximum absolute atomic E-state index is 13.7. The van der Waals surface area contributed by atoms with Crippen molar-refractivity contribution in [3.8, 4) is 0 Å². The molecule has 4 nitrogen and oxygen atoms in total. The first-order chi connectivity index (χ1) is 10.1. The number of hydrogen-bond acceptors (Lipinski definition) is 3. The molecule has 2 aliphatic rings. The summed E-state index contributed by atoms with van der Waals surface area (Å²) in [5, 5.41) is 10.7. The Kier molecular flexibility index (Phi) is 4.19. The fourth-order valence-corrected chi connectivity index (χ4v) is 3.96. The Morgan fingerprint density at radius 1 is 1.24 bits per heavy atom. The van der Waals surface area contributed by atoms with Crippen molar-refractivity contribution in [3.05, 3.63) is 39.7 Å². The number of likely N-dealkylation sites (tertiary alicyclic amines) is 1. The van der Waals surface area contributed by atoms with Crippen molar-refractivity contribution in [1.29, 1.82) is 0 Å². The lowest BCUT2D eigenvalue weighted by Gasteiger charge is -2.44. The maximum Gasteiger partial charge on any atom is 0.304 e. The molecule has 1 aromatic carbocycles. The van der Waals surface area contributed by atoms with E-state index in [1.807, 2.05) is 0 Å². The average Bonchev–Trinajstić information content (AvgIpc) is 2.47. The molecular weight excluding hydrogens is 271 g/mol. The van der Waals surface area contributed by atoms with Crippen molar-refractivity contribution in [2.45, 2.75) is 51.1 Å². The SMILES string of the molecule is O=[N+]([O-])c1ccc(CN2CCC[C@H]3CCCC[C@H]32)cc1F. The molecule has 1 aliphatic heterocycles. The Morgan fingerprint density at radius 2 is 2.00 bits per heavy atom. The third kappa shape index (κ3) is 3.07. The Hall–Kier alpha value is -1.49. The first-order valence-corrected chi connectivity index (χ1v) is 7.82. The first-order valence-electron chi connectivity index (χ1n) is 7.82. The van der Waals surface area contributed by atoms with Gasteiger partial charge in [-0.3, -0.25) is 15.0 Å². The van der Waals surface area contributed by atoms with Gasteiger partial charge in [-0.05, 0) is 49.8 Å². The molecule has 0 spiro atoms. The van der Waals surface area contributed by atoms with Crippen LogP contribution in [0.25, 0.3) is 0 Å². The number of fused-ring (bicyclic) bond motifs is 1. The standard InChI is InChI=1S/C16H21FN2O2/c17-14-10-12(7-8-16(14)19(20)21)11-18-9-3-5-13-4-1-2-6-15(13)18/h7-8,10,13,15H,1-6,9,11H2/t13-,15-/m1/s1. The predicted molar refractivity (Wildman–Crippen MR) is 78.4 cm³/mol. The van der Waals surface area contributed by atoms with Crippen molar-refractivity contribution < 1.29 is 9.31 Å². The van der Waals surface area contributed by atoms with Gasteiger partial charge in [-0.1, -0.05) is 18.9 Å². The molecule has 2 atom stereocenters. The van der Waals surface area contributed by atoms with E-state index in [0.717, 1.165) is 18.0 Å². The summed E-state index contributed by atoms with van der Waals surface area (Å²) >= 11 is 0. The van der Waals surface area contributed by atoms with Crippen LogP contribution in [0.5, 0.6) is 0 Å². The number of nitro benzene ring substituents is 1. The summed E-state index contributed by atoms with van der Waals surface area (Å²) in [5.41, 5.74) is 0.400. The van der Waals surface area contributed by atoms with Crippen LogP contribution in [0.15, 0.2) is 18.2 Å². The molecule has 1 saturated heterocycles. The van der Waals surface area contributed by atoms with Gasteiger partial charge in [0.1, 0.15) is 0 Å². The summed E-state index contributed by atoms with van der Waals surface area (Å²) in [6.45, 7) is 1.76. The summed E-state index contributed by atoms with van der Waals surface area (Å²) in [4.78, 5) is 12.4. The van der Waals surface area contributed by atoms with Crippen LogP contribution >= 0.6 is 0 Å². The minimum atomic E-state index is -0.727. The number of rotatable bonds is 3. The first kappa shape index (κ1) is 14.4. The largest absolute Gasteiger partial charge is 0.304 e. The Labute approximate surface area is 124 Å². The second-order valence-electron chi connectivity index (χ2n) is 6.27. The molecule has 0 bridgehead atoms. The van der Waals surface area contributed by atoms with Crippen LogP contribution in [0, 0.1) is 21.8 Å². The molecule has 0 aromatic heterocycles. The number of nitrogens with zero attached hydrogens (tertiary/aromatic N) is 2. The zero-order chi connectivity index (χ0) is 14.8. The number of hydrogen-bond donors (Lipinski definition) is 0. The summed E-state index contributed by atoms with van der Waals surface area (Å²) in [6, 6.07) is 4.91. The van der Waals surface area contributed by atoms with Gasteiger partial charge in [-0.2, -0.15) is 4.39 Å². The molecule has 114 valence electrons. The third-order valence-corrected chi connectivity index (χ3v) is 4.95. The van der Waals surface area contributed by atoms with E-state index < -0.39 is 16.4 Å². The molecule has 0 radical (unpaired) electrons. The molecule has 5 heteroatoms. The Bertz CT molecular complexity index is 533. The van der Waals surface area contributed by atoms with Crippen LogP contribution in [-0.2, 0) is 6.54 Å². The van der Waals surface area contributed by atoms with E-state index >= 15 is 0 Å². The summed E-state index contributed by atoms with van der Waals surface area (Å²) < 4.78 is 13.7. The Morgan fingerprint density at radius 3 is 2.76 bits per heavy atom. The van der Waals surface area contributed by atoms with Gasteiger partial charge in [0.05, 0.1) is 4.92 Å². The number of benzene rings is 1. The maximum atomic E-state index is 13.7. The normalized spacial score (nSPS) is 26.3. The fraction of sp³-hybridized carbons (Fsp3) is 0.625. The Balaban J connectivity index is 1.73. The van der Waals surface area contributed by atoms with Crippen molar-refractivity contribution in [2.75, 3.05) is 6.54 Å². The van der Waals surface area contributed by atoms with Crippen LogP contribution in [0.4, 0.5) is 10.1 Å². The van der Waals surface area contributed by atoms with Gasteiger partial charge in [0.25, 0.3) is 0 Å². The minimum Gasteiger partial charge on any atom is -0.296 e. The van der Waals surface area contributed by atoms with Crippen molar-refractivity contribution >= 4 is 5.69 Å². The van der Waals surface area contributed by atoms with E-state index in [4.69, 9.17) is 0 Å². The molecule has 21 heavy (non-hydrogen) atoms. The molecule has 0 N–H and O–H groups in total. The van der Waals surface area contributed by atoms with E-state index in [1.165, 1.54) is 50.7 Å². The zero-order valence-corrected chi connectivity index (χ0v) is 12.1. The lowest BCUT2D eigenvalue weighted by atomic mass is 9.78. The van der Waals surface area contributed by atoms with Crippen LogP contribution in [0.2, 0.25) is 0 Å². The highest BCUT2D eigenvalue weighted by atomic mass is 19.1. The van der Waals surface area contributed by atoms with E-state index in [0.29, 0.717) is 12.6 Å². The highest BCUT2D eigenvalue weighted by Crippen LogP contribution is 2.36. The van der Waals surface area contributed by atoms with Crippen molar-refractivity contribution in [3.63, 3.8) is 0 Å². The van der Waals surface area contributed by atoms with E-state index in [-0.39, 0.29) is 0 Å². The van der Waals surface area contributed by atoms with Crippen LogP contribution < -0.4 is 0 Å². The van der Waals surface area contributed by atoms with E-state index in [1.54, 1.807) is 6.07 Å². The average molecular weight is 292 g/mol. The number of piperidine rings is 1. The molecule has 1 aliphatic carbocycles. The molecule has 0 unspecified atom stereocenters. The highest BCUT2D eigenvalue weighted by Gasteiger charge is 2.33. The van der Waals surface area contributed by atoms with Crippen molar-refractivity contribution in [2.24, 2.45) is 5.92 Å². The monoisotopic (exact) mass is 292 g/mol. The van der Waals surface area contributed by atoms with E-state index in [2.05, 4.69) is 4.90 Å². The van der Waals surface area contributed by atoms with Gasteiger partial charge in [0.15, 0.2) is 0 Å². The highest BCUT2D eigenvalue weighted by molar-refractivity contribution is 5.35. The fourth-order valence-electron chi connectivity index (χ4n) is 3.96. The zero-order valence-electron chi connectivity index (χ0n) is 12.1. The molecule has 1 heterocycles. The van der Waals surface area contributed by atoms with Gasteiger partial charge in [0.2, 0.25) is 5.82 Å². The lowest BCUT2D eigenvalue weighted by Crippen LogP contribution is -2.46. The van der Waals surface area contributed by atoms with Crippen LogP contribution in [0.3, 0.4) is 0 Å². The van der Waals surface area contributed by atoms with Gasteiger partial charge >= 0.3 is 5.69 Å². The third-order valence-electron chi connectivity index (χ3n) is 4.95. The van der Waals surface area contributed by atoms with Gasteiger partial charge in [-0.15, -0.1) is 0 Å². The molecular formula is C16H21FN2O2. The van der Waals surface area contributed by atoms with Crippen molar-refractivity contribution in [1.82, 2.24) is 4.90 Å². The van der Waals surface area contributed by atoms with Crippen LogP contribution in [0.1, 0.15) is 44.1 Å². The van der Waals surface area contributed by atoms with Gasteiger partial charge in [0, 0.05) is 18.7 Å². The summed E-state index contributed by atoms with van der Waals surface area (Å²) in [5.74, 6) is 0.0603. The summed E-state index contributed by atoms with van der Waals surface area (Å²) in [6.07, 6.45) is 7.69.